The lowest BCUT2D eigenvalue weighted by Gasteiger charge is -2.10. The largest absolute Gasteiger partial charge is 0.432 e. The van der Waals surface area contributed by atoms with E-state index in [0.717, 1.165) is 24.0 Å². The summed E-state index contributed by atoms with van der Waals surface area (Å²) in [6.07, 6.45) is 3.76. The highest BCUT2D eigenvalue weighted by Crippen LogP contribution is 2.31. The van der Waals surface area contributed by atoms with Gasteiger partial charge >= 0.3 is 6.61 Å². The number of fused-ring (bicyclic) bond motifs is 1. The number of allylic oxidation sites excluding steroid dienone is 1. The average molecular weight is 342 g/mol. The number of ether oxygens (including phenoxy) is 1. The summed E-state index contributed by atoms with van der Waals surface area (Å²) >= 11 is 0. The van der Waals surface area contributed by atoms with E-state index in [-0.39, 0.29) is 5.39 Å². The molecule has 3 aromatic rings. The van der Waals surface area contributed by atoms with Crippen LogP contribution in [0.2, 0.25) is 0 Å². The molecule has 0 aliphatic carbocycles. The minimum absolute atomic E-state index is 0.254. The Kier molecular flexibility index (Phi) is 5.08. The second-order valence-corrected chi connectivity index (χ2v) is 5.72. The lowest BCUT2D eigenvalue weighted by Crippen LogP contribution is -2.03. The van der Waals surface area contributed by atoms with Crippen molar-refractivity contribution in [1.29, 1.82) is 0 Å². The van der Waals surface area contributed by atoms with E-state index in [4.69, 9.17) is 0 Å². The summed E-state index contributed by atoms with van der Waals surface area (Å²) in [5.41, 5.74) is 3.17. The highest BCUT2D eigenvalue weighted by Gasteiger charge is 2.13. The van der Waals surface area contributed by atoms with Crippen molar-refractivity contribution in [2.75, 3.05) is 0 Å². The number of alkyl halides is 2. The van der Waals surface area contributed by atoms with E-state index in [2.05, 4.69) is 23.4 Å². The van der Waals surface area contributed by atoms with Crippen molar-refractivity contribution in [2.45, 2.75) is 19.5 Å². The van der Waals surface area contributed by atoms with Crippen LogP contribution in [0.4, 0.5) is 13.2 Å². The lowest BCUT2D eigenvalue weighted by molar-refractivity contribution is -0.0520. The molecule has 0 amide bonds. The first-order chi connectivity index (χ1) is 12.1. The molecule has 128 valence electrons. The van der Waals surface area contributed by atoms with Gasteiger partial charge in [0.25, 0.3) is 0 Å². The molecular weight excluding hydrogens is 325 g/mol. The van der Waals surface area contributed by atoms with Gasteiger partial charge in [0.1, 0.15) is 0 Å². The maximum atomic E-state index is 14.3. The van der Waals surface area contributed by atoms with E-state index in [1.165, 1.54) is 11.6 Å². The SMILES string of the molecule is C=CCCc1ccc(-c2ccc3c(F)c(OC(F)F)ccc3c2)cc1. The Balaban J connectivity index is 1.92. The molecule has 0 bridgehead atoms. The van der Waals surface area contributed by atoms with Crippen LogP contribution in [0.25, 0.3) is 21.9 Å². The van der Waals surface area contributed by atoms with Crippen LogP contribution in [-0.4, -0.2) is 6.61 Å². The molecule has 0 N–H and O–H groups in total. The van der Waals surface area contributed by atoms with Gasteiger partial charge in [0.05, 0.1) is 0 Å². The number of hydrogen-bond acceptors (Lipinski definition) is 1. The summed E-state index contributed by atoms with van der Waals surface area (Å²) in [6, 6.07) is 16.2. The Morgan fingerprint density at radius 3 is 2.36 bits per heavy atom. The molecule has 0 fully saturated rings. The van der Waals surface area contributed by atoms with Crippen molar-refractivity contribution < 1.29 is 17.9 Å². The van der Waals surface area contributed by atoms with Gasteiger partial charge in [0, 0.05) is 5.39 Å². The Morgan fingerprint density at radius 2 is 1.68 bits per heavy atom. The Morgan fingerprint density at radius 1 is 0.960 bits per heavy atom. The van der Waals surface area contributed by atoms with Crippen LogP contribution < -0.4 is 4.74 Å². The minimum atomic E-state index is -3.05. The van der Waals surface area contributed by atoms with E-state index in [1.54, 1.807) is 18.2 Å². The molecule has 3 rings (SSSR count). The summed E-state index contributed by atoms with van der Waals surface area (Å²) in [6.45, 7) is 0.668. The standard InChI is InChI=1S/C21H17F3O/c1-2-3-4-14-5-7-15(8-6-14)16-9-11-18-17(13-16)10-12-19(20(18)22)25-21(23)24/h2,5-13,21H,1,3-4H2. The molecule has 1 nitrogen and oxygen atoms in total. The number of benzene rings is 3. The van der Waals surface area contributed by atoms with Gasteiger partial charge in [-0.25, -0.2) is 4.39 Å². The number of hydrogen-bond donors (Lipinski definition) is 0. The van der Waals surface area contributed by atoms with Gasteiger partial charge < -0.3 is 4.74 Å². The second-order valence-electron chi connectivity index (χ2n) is 5.72. The molecule has 0 radical (unpaired) electrons. The number of halogens is 3. The second kappa shape index (κ2) is 7.43. The van der Waals surface area contributed by atoms with Gasteiger partial charge in [-0.05, 0) is 47.1 Å². The van der Waals surface area contributed by atoms with Crippen LogP contribution >= 0.6 is 0 Å². The van der Waals surface area contributed by atoms with Crippen molar-refractivity contribution in [3.05, 3.63) is 78.6 Å². The summed E-state index contributed by atoms with van der Waals surface area (Å²) in [4.78, 5) is 0. The van der Waals surface area contributed by atoms with E-state index < -0.39 is 18.2 Å². The highest BCUT2D eigenvalue weighted by atomic mass is 19.3. The third-order valence-electron chi connectivity index (χ3n) is 4.06. The van der Waals surface area contributed by atoms with E-state index in [9.17, 15) is 13.2 Å². The van der Waals surface area contributed by atoms with Crippen molar-refractivity contribution >= 4 is 10.8 Å². The van der Waals surface area contributed by atoms with E-state index in [0.29, 0.717) is 5.39 Å². The van der Waals surface area contributed by atoms with Gasteiger partial charge in [0.2, 0.25) is 0 Å². The van der Waals surface area contributed by atoms with Crippen LogP contribution in [-0.2, 0) is 6.42 Å². The zero-order chi connectivity index (χ0) is 17.8. The van der Waals surface area contributed by atoms with Crippen molar-refractivity contribution in [3.8, 4) is 16.9 Å². The van der Waals surface area contributed by atoms with Crippen molar-refractivity contribution in [1.82, 2.24) is 0 Å². The first kappa shape index (κ1) is 17.1. The quantitative estimate of drug-likeness (QED) is 0.473. The Hall–Kier alpha value is -2.75. The van der Waals surface area contributed by atoms with E-state index in [1.807, 2.05) is 24.3 Å². The maximum absolute atomic E-state index is 14.3. The van der Waals surface area contributed by atoms with Crippen molar-refractivity contribution in [3.63, 3.8) is 0 Å². The highest BCUT2D eigenvalue weighted by molar-refractivity contribution is 5.89. The van der Waals surface area contributed by atoms with Crippen LogP contribution in [0, 0.1) is 5.82 Å². The number of aryl methyl sites for hydroxylation is 1. The first-order valence-corrected chi connectivity index (χ1v) is 7.96. The predicted molar refractivity (Wildman–Crippen MR) is 94.5 cm³/mol. The first-order valence-electron chi connectivity index (χ1n) is 7.96. The molecular formula is C21H17F3O. The summed E-state index contributed by atoms with van der Waals surface area (Å²) in [5, 5.41) is 0.886. The fourth-order valence-corrected chi connectivity index (χ4v) is 2.77. The van der Waals surface area contributed by atoms with Gasteiger partial charge in [-0.3, -0.25) is 0 Å². The normalized spacial score (nSPS) is 11.0. The Labute approximate surface area is 144 Å². The predicted octanol–water partition coefficient (Wildman–Crippen LogP) is 6.37. The van der Waals surface area contributed by atoms with E-state index >= 15 is 0 Å². The molecule has 0 aromatic heterocycles. The molecule has 0 spiro atoms. The summed E-state index contributed by atoms with van der Waals surface area (Å²) in [5.74, 6) is -1.22. The monoisotopic (exact) mass is 342 g/mol. The topological polar surface area (TPSA) is 9.23 Å². The summed E-state index contributed by atoms with van der Waals surface area (Å²) < 4.78 is 43.1. The fraction of sp³-hybridized carbons (Fsp3) is 0.143. The smallest absolute Gasteiger partial charge is 0.387 e. The molecule has 0 aliphatic rings. The van der Waals surface area contributed by atoms with Gasteiger partial charge in [-0.15, -0.1) is 6.58 Å². The zero-order valence-electron chi connectivity index (χ0n) is 13.5. The van der Waals surface area contributed by atoms with Crippen molar-refractivity contribution in [2.24, 2.45) is 0 Å². The van der Waals surface area contributed by atoms with Crippen LogP contribution in [0.3, 0.4) is 0 Å². The molecule has 0 saturated heterocycles. The molecule has 4 heteroatoms. The summed E-state index contributed by atoms with van der Waals surface area (Å²) in [7, 11) is 0. The zero-order valence-corrected chi connectivity index (χ0v) is 13.5. The average Bonchev–Trinajstić information content (AvgIpc) is 2.62. The Bertz CT molecular complexity index is 886. The molecule has 0 unspecified atom stereocenters. The molecule has 0 atom stereocenters. The maximum Gasteiger partial charge on any atom is 0.387 e. The van der Waals surface area contributed by atoms with Crippen LogP contribution in [0.5, 0.6) is 5.75 Å². The fourth-order valence-electron chi connectivity index (χ4n) is 2.77. The lowest BCUT2D eigenvalue weighted by atomic mass is 9.99. The van der Waals surface area contributed by atoms with Crippen LogP contribution in [0.1, 0.15) is 12.0 Å². The third-order valence-corrected chi connectivity index (χ3v) is 4.06. The molecule has 0 saturated carbocycles. The van der Waals surface area contributed by atoms with Gasteiger partial charge in [-0.2, -0.15) is 8.78 Å². The molecule has 25 heavy (non-hydrogen) atoms. The number of rotatable bonds is 6. The van der Waals surface area contributed by atoms with Gasteiger partial charge in [0.15, 0.2) is 11.6 Å². The third kappa shape index (κ3) is 3.85. The molecule has 0 heterocycles. The van der Waals surface area contributed by atoms with Crippen LogP contribution in [0.15, 0.2) is 67.3 Å². The minimum Gasteiger partial charge on any atom is -0.432 e. The van der Waals surface area contributed by atoms with Gasteiger partial charge in [-0.1, -0.05) is 48.5 Å². The molecule has 3 aromatic carbocycles. The molecule has 0 aliphatic heterocycles.